The van der Waals surface area contributed by atoms with Crippen molar-refractivity contribution in [3.63, 3.8) is 0 Å². The fourth-order valence-corrected chi connectivity index (χ4v) is 2.96. The van der Waals surface area contributed by atoms with Crippen LogP contribution in [0, 0.1) is 5.92 Å². The van der Waals surface area contributed by atoms with E-state index in [0.717, 1.165) is 5.56 Å². The first-order valence-corrected chi connectivity index (χ1v) is 8.28. The van der Waals surface area contributed by atoms with Crippen LogP contribution in [0.15, 0.2) is 29.3 Å². The summed E-state index contributed by atoms with van der Waals surface area (Å²) in [6.45, 7) is 2.88. The Balaban J connectivity index is 0.00000312. The molecule has 0 spiro atoms. The zero-order valence-electron chi connectivity index (χ0n) is 14.1. The van der Waals surface area contributed by atoms with Crippen LogP contribution in [0.25, 0.3) is 0 Å². The van der Waals surface area contributed by atoms with Gasteiger partial charge in [-0.1, -0.05) is 18.6 Å². The molecule has 142 valence electrons. The van der Waals surface area contributed by atoms with Crippen LogP contribution >= 0.6 is 24.0 Å². The van der Waals surface area contributed by atoms with E-state index in [2.05, 4.69) is 15.6 Å². The van der Waals surface area contributed by atoms with E-state index in [1.54, 1.807) is 18.2 Å². The van der Waals surface area contributed by atoms with Gasteiger partial charge in [-0.3, -0.25) is 0 Å². The summed E-state index contributed by atoms with van der Waals surface area (Å²) in [5.74, 6) is -0.563. The lowest BCUT2D eigenvalue weighted by Gasteiger charge is -2.31. The minimum Gasteiger partial charge on any atom is -0.508 e. The normalized spacial score (nSPS) is 21.4. The van der Waals surface area contributed by atoms with E-state index in [4.69, 9.17) is 0 Å². The van der Waals surface area contributed by atoms with Crippen LogP contribution < -0.4 is 10.6 Å². The van der Waals surface area contributed by atoms with Crippen molar-refractivity contribution in [2.75, 3.05) is 6.54 Å². The first-order valence-electron chi connectivity index (χ1n) is 8.28. The molecule has 0 saturated heterocycles. The SMILES string of the molecule is CCNC(=NCc1cccc(O)c1)NC1CCCC(C(F)(F)F)C1.I. The molecule has 0 heterocycles. The number of rotatable bonds is 4. The Labute approximate surface area is 163 Å². The molecule has 25 heavy (non-hydrogen) atoms. The molecule has 1 fully saturated rings. The van der Waals surface area contributed by atoms with Gasteiger partial charge in [-0.15, -0.1) is 24.0 Å². The summed E-state index contributed by atoms with van der Waals surface area (Å²) in [6.07, 6.45) is -2.56. The fourth-order valence-electron chi connectivity index (χ4n) is 2.96. The number of alkyl halides is 3. The quantitative estimate of drug-likeness (QED) is 0.351. The van der Waals surface area contributed by atoms with Gasteiger partial charge in [-0.2, -0.15) is 13.2 Å². The summed E-state index contributed by atoms with van der Waals surface area (Å²) in [7, 11) is 0. The smallest absolute Gasteiger partial charge is 0.391 e. The molecular weight excluding hydrogens is 446 g/mol. The lowest BCUT2D eigenvalue weighted by Crippen LogP contribution is -2.46. The van der Waals surface area contributed by atoms with Gasteiger partial charge in [-0.25, -0.2) is 4.99 Å². The number of phenols is 1. The summed E-state index contributed by atoms with van der Waals surface area (Å²) in [4.78, 5) is 4.41. The first kappa shape index (κ1) is 21.9. The summed E-state index contributed by atoms with van der Waals surface area (Å²) in [5, 5.41) is 15.6. The van der Waals surface area contributed by atoms with E-state index in [1.807, 2.05) is 13.0 Å². The maximum atomic E-state index is 12.9. The Morgan fingerprint density at radius 1 is 1.32 bits per heavy atom. The number of guanidine groups is 1. The van der Waals surface area contributed by atoms with Crippen molar-refractivity contribution in [3.8, 4) is 5.75 Å². The number of nitrogens with one attached hydrogen (secondary N) is 2. The van der Waals surface area contributed by atoms with Gasteiger partial charge in [0.05, 0.1) is 12.5 Å². The molecule has 0 aliphatic heterocycles. The van der Waals surface area contributed by atoms with Gasteiger partial charge in [0.25, 0.3) is 0 Å². The Morgan fingerprint density at radius 2 is 2.08 bits per heavy atom. The highest BCUT2D eigenvalue weighted by Crippen LogP contribution is 2.37. The molecule has 0 amide bonds. The highest BCUT2D eigenvalue weighted by atomic mass is 127. The van der Waals surface area contributed by atoms with Crippen LogP contribution in [0.1, 0.15) is 38.2 Å². The monoisotopic (exact) mass is 471 g/mol. The van der Waals surface area contributed by atoms with E-state index in [0.29, 0.717) is 31.9 Å². The second-order valence-corrected chi connectivity index (χ2v) is 6.11. The molecule has 0 bridgehead atoms. The minimum atomic E-state index is -4.13. The van der Waals surface area contributed by atoms with Gasteiger partial charge in [-0.05, 0) is 43.9 Å². The van der Waals surface area contributed by atoms with Crippen molar-refractivity contribution in [2.45, 2.75) is 51.4 Å². The van der Waals surface area contributed by atoms with Gasteiger partial charge in [0.2, 0.25) is 0 Å². The molecule has 1 aromatic rings. The second-order valence-electron chi connectivity index (χ2n) is 6.11. The predicted octanol–water partition coefficient (Wildman–Crippen LogP) is 4.19. The number of phenolic OH excluding ortho intramolecular Hbond substituents is 1. The van der Waals surface area contributed by atoms with Gasteiger partial charge in [0.1, 0.15) is 5.75 Å². The van der Waals surface area contributed by atoms with Gasteiger partial charge >= 0.3 is 6.18 Å². The molecular formula is C17H25F3IN3O. The molecule has 1 aliphatic carbocycles. The van der Waals surface area contributed by atoms with Crippen molar-refractivity contribution in [2.24, 2.45) is 10.9 Å². The highest BCUT2D eigenvalue weighted by molar-refractivity contribution is 14.0. The zero-order valence-corrected chi connectivity index (χ0v) is 16.5. The summed E-state index contributed by atoms with van der Waals surface area (Å²) >= 11 is 0. The van der Waals surface area contributed by atoms with Gasteiger partial charge in [0, 0.05) is 12.6 Å². The third-order valence-electron chi connectivity index (χ3n) is 4.15. The molecule has 0 aromatic heterocycles. The molecule has 3 N–H and O–H groups in total. The van der Waals surface area contributed by atoms with Crippen molar-refractivity contribution in [3.05, 3.63) is 29.8 Å². The van der Waals surface area contributed by atoms with Crippen LogP contribution in [0.5, 0.6) is 5.75 Å². The van der Waals surface area contributed by atoms with Crippen LogP contribution in [-0.2, 0) is 6.54 Å². The lowest BCUT2D eigenvalue weighted by atomic mass is 9.85. The molecule has 2 rings (SSSR count). The molecule has 1 aliphatic rings. The van der Waals surface area contributed by atoms with Crippen LogP contribution in [0.3, 0.4) is 0 Å². The largest absolute Gasteiger partial charge is 0.508 e. The van der Waals surface area contributed by atoms with Crippen molar-refractivity contribution >= 4 is 29.9 Å². The Bertz CT molecular complexity index is 566. The Morgan fingerprint density at radius 3 is 2.72 bits per heavy atom. The number of hydrogen-bond acceptors (Lipinski definition) is 2. The standard InChI is InChI=1S/C17H24F3N3O.HI/c1-2-21-16(22-11-12-5-3-8-15(24)9-12)23-14-7-4-6-13(10-14)17(18,19)20;/h3,5,8-9,13-14,24H,2,4,6-7,10-11H2,1H3,(H2,21,22,23);1H. The summed E-state index contributed by atoms with van der Waals surface area (Å²) in [6, 6.07) is 6.54. The van der Waals surface area contributed by atoms with E-state index in [9.17, 15) is 18.3 Å². The average molecular weight is 471 g/mol. The van der Waals surface area contributed by atoms with E-state index in [-0.39, 0.29) is 48.6 Å². The third-order valence-corrected chi connectivity index (χ3v) is 4.15. The fraction of sp³-hybridized carbons (Fsp3) is 0.588. The minimum absolute atomic E-state index is 0. The van der Waals surface area contributed by atoms with Crippen LogP contribution in [0.2, 0.25) is 0 Å². The van der Waals surface area contributed by atoms with Crippen LogP contribution in [0.4, 0.5) is 13.2 Å². The van der Waals surface area contributed by atoms with E-state index < -0.39 is 12.1 Å². The van der Waals surface area contributed by atoms with Crippen molar-refractivity contribution in [1.82, 2.24) is 10.6 Å². The Hall–Kier alpha value is -1.19. The number of nitrogens with zero attached hydrogens (tertiary/aromatic N) is 1. The lowest BCUT2D eigenvalue weighted by molar-refractivity contribution is -0.183. The number of aliphatic imine (C=N–C) groups is 1. The summed E-state index contributed by atoms with van der Waals surface area (Å²) < 4.78 is 38.7. The molecule has 2 unspecified atom stereocenters. The van der Waals surface area contributed by atoms with Crippen molar-refractivity contribution in [1.29, 1.82) is 0 Å². The number of aromatic hydroxyl groups is 1. The maximum Gasteiger partial charge on any atom is 0.391 e. The van der Waals surface area contributed by atoms with E-state index in [1.165, 1.54) is 0 Å². The first-order chi connectivity index (χ1) is 11.4. The zero-order chi connectivity index (χ0) is 17.6. The topological polar surface area (TPSA) is 56.7 Å². The average Bonchev–Trinajstić information content (AvgIpc) is 2.52. The molecule has 1 saturated carbocycles. The molecule has 0 radical (unpaired) electrons. The van der Waals surface area contributed by atoms with Crippen molar-refractivity contribution < 1.29 is 18.3 Å². The second kappa shape index (κ2) is 10.1. The van der Waals surface area contributed by atoms with E-state index >= 15 is 0 Å². The van der Waals surface area contributed by atoms with Crippen LogP contribution in [-0.4, -0.2) is 29.8 Å². The molecule has 1 aromatic carbocycles. The molecule has 2 atom stereocenters. The number of hydrogen-bond donors (Lipinski definition) is 3. The van der Waals surface area contributed by atoms with Gasteiger partial charge in [0.15, 0.2) is 5.96 Å². The predicted molar refractivity (Wildman–Crippen MR) is 103 cm³/mol. The maximum absolute atomic E-state index is 12.9. The molecule has 8 heteroatoms. The number of benzene rings is 1. The highest BCUT2D eigenvalue weighted by Gasteiger charge is 2.42. The summed E-state index contributed by atoms with van der Waals surface area (Å²) in [5.41, 5.74) is 0.837. The van der Waals surface area contributed by atoms with Gasteiger partial charge < -0.3 is 15.7 Å². The number of halogens is 4. The third kappa shape index (κ3) is 7.29. The molecule has 4 nitrogen and oxygen atoms in total. The Kier molecular flexibility index (Phi) is 8.81.